The average Bonchev–Trinajstić information content (AvgIpc) is 3.33. The number of hydrogen-bond donors (Lipinski definition) is 0. The number of furan rings is 1. The number of benzene rings is 1. The normalized spacial score (nSPS) is 10.9. The van der Waals surface area contributed by atoms with Crippen molar-refractivity contribution in [2.24, 2.45) is 0 Å². The first-order chi connectivity index (χ1) is 13.4. The molecule has 0 aliphatic heterocycles. The Hall–Kier alpha value is -2.56. The van der Waals surface area contributed by atoms with Crippen LogP contribution in [-0.2, 0) is 0 Å². The number of aromatic nitrogens is 1. The smallest absolute Gasteiger partial charge is 0.395 e. The van der Waals surface area contributed by atoms with E-state index in [1.54, 1.807) is 12.1 Å². The zero-order chi connectivity index (χ0) is 20.3. The van der Waals surface area contributed by atoms with Gasteiger partial charge in [0.1, 0.15) is 16.3 Å². The minimum atomic E-state index is -0.704. The van der Waals surface area contributed by atoms with Crippen LogP contribution in [0.15, 0.2) is 34.7 Å². The Morgan fingerprint density at radius 2 is 1.97 bits per heavy atom. The molecule has 0 saturated carbocycles. The molecule has 0 N–H and O–H groups in total. The number of carbonyl (C=O) groups excluding carboxylic acids is 1. The van der Waals surface area contributed by atoms with Crippen LogP contribution in [0.25, 0.3) is 10.2 Å². The second-order valence-corrected chi connectivity index (χ2v) is 6.97. The van der Waals surface area contributed by atoms with Gasteiger partial charge in [-0.2, -0.15) is 0 Å². The van der Waals surface area contributed by atoms with Crippen molar-refractivity contribution in [3.63, 3.8) is 0 Å². The van der Waals surface area contributed by atoms with E-state index in [1.165, 1.54) is 28.4 Å². The number of halogens is 2. The Kier molecular flexibility index (Phi) is 7.66. The molecule has 1 aromatic carbocycles. The van der Waals surface area contributed by atoms with Crippen molar-refractivity contribution in [1.82, 2.24) is 9.88 Å². The maximum Gasteiger partial charge on any atom is 0.433 e. The fraction of sp³-hybridized carbons (Fsp3) is 0.333. The lowest BCUT2D eigenvalue weighted by Crippen LogP contribution is -2.38. The van der Waals surface area contributed by atoms with E-state index >= 15 is 0 Å². The lowest BCUT2D eigenvalue weighted by atomic mass is 10.3. The summed E-state index contributed by atoms with van der Waals surface area (Å²) in [6.07, 6.45) is 0. The third kappa shape index (κ3) is 4.89. The highest BCUT2D eigenvalue weighted by atomic mass is 35.5. The van der Waals surface area contributed by atoms with Crippen molar-refractivity contribution in [1.29, 1.82) is 0 Å². The van der Waals surface area contributed by atoms with Crippen LogP contribution in [-0.4, -0.2) is 46.9 Å². The van der Waals surface area contributed by atoms with Crippen molar-refractivity contribution in [3.8, 4) is 0 Å². The van der Waals surface area contributed by atoms with Gasteiger partial charge in [-0.05, 0) is 31.3 Å². The van der Waals surface area contributed by atoms with Crippen LogP contribution in [0.2, 0.25) is 0 Å². The zero-order valence-electron chi connectivity index (χ0n) is 15.8. The molecule has 0 atom stereocenters. The third-order valence-corrected chi connectivity index (χ3v) is 5.39. The van der Waals surface area contributed by atoms with Gasteiger partial charge < -0.3 is 9.32 Å². The summed E-state index contributed by atoms with van der Waals surface area (Å²) < 4.78 is 19.7. The molecule has 2 heterocycles. The van der Waals surface area contributed by atoms with E-state index in [9.17, 15) is 19.3 Å². The number of nitrogens with zero attached hydrogens (tertiary/aromatic N) is 4. The average molecular weight is 443 g/mol. The highest BCUT2D eigenvalue weighted by Crippen LogP contribution is 2.31. The molecule has 0 saturated heterocycles. The number of anilines is 1. The van der Waals surface area contributed by atoms with E-state index in [4.69, 9.17) is 4.42 Å². The van der Waals surface area contributed by atoms with Crippen molar-refractivity contribution < 1.29 is 18.5 Å². The molecule has 0 bridgehead atoms. The Balaban J connectivity index is 0.00000300. The van der Waals surface area contributed by atoms with Gasteiger partial charge in [-0.3, -0.25) is 19.8 Å². The second kappa shape index (κ2) is 9.77. The standard InChI is InChI=1S/C18H19FN4O4S.ClH/c1-3-21(4-2)10-11-22(17(24)13-8-9-15(27-13)23(25)26)18-20-16-12(19)6-5-7-14(16)28-18;/h5-9H,3-4,10-11H2,1-2H3;1H. The number of rotatable bonds is 8. The Morgan fingerprint density at radius 1 is 1.24 bits per heavy atom. The van der Waals surface area contributed by atoms with Gasteiger partial charge in [0, 0.05) is 13.1 Å². The van der Waals surface area contributed by atoms with E-state index in [0.717, 1.165) is 19.2 Å². The molecular weight excluding hydrogens is 423 g/mol. The van der Waals surface area contributed by atoms with Crippen molar-refractivity contribution >= 4 is 50.9 Å². The van der Waals surface area contributed by atoms with Gasteiger partial charge in [0.25, 0.3) is 5.91 Å². The first-order valence-electron chi connectivity index (χ1n) is 8.78. The molecule has 0 aliphatic carbocycles. The summed E-state index contributed by atoms with van der Waals surface area (Å²) in [7, 11) is 0. The number of nitro groups is 1. The Labute approximate surface area is 176 Å². The Morgan fingerprint density at radius 3 is 2.55 bits per heavy atom. The van der Waals surface area contributed by atoms with Gasteiger partial charge in [0.2, 0.25) is 0 Å². The molecule has 3 aromatic rings. The maximum atomic E-state index is 14.0. The zero-order valence-corrected chi connectivity index (χ0v) is 17.5. The summed E-state index contributed by atoms with van der Waals surface area (Å²) in [4.78, 5) is 30.9. The monoisotopic (exact) mass is 442 g/mol. The van der Waals surface area contributed by atoms with Crippen molar-refractivity contribution in [2.75, 3.05) is 31.1 Å². The van der Waals surface area contributed by atoms with Crippen LogP contribution >= 0.6 is 23.7 Å². The summed E-state index contributed by atoms with van der Waals surface area (Å²) in [5, 5.41) is 11.2. The number of likely N-dealkylation sites (N-methyl/N-ethyl adjacent to an activating group) is 1. The number of hydrogen-bond acceptors (Lipinski definition) is 7. The summed E-state index contributed by atoms with van der Waals surface area (Å²) in [6, 6.07) is 7.01. The van der Waals surface area contributed by atoms with Gasteiger partial charge in [-0.15, -0.1) is 12.4 Å². The molecule has 0 unspecified atom stereocenters. The lowest BCUT2D eigenvalue weighted by molar-refractivity contribution is -0.402. The molecule has 0 aliphatic rings. The highest BCUT2D eigenvalue weighted by molar-refractivity contribution is 7.22. The van der Waals surface area contributed by atoms with Crippen LogP contribution in [0.3, 0.4) is 0 Å². The highest BCUT2D eigenvalue weighted by Gasteiger charge is 2.26. The van der Waals surface area contributed by atoms with Gasteiger partial charge in [-0.25, -0.2) is 9.37 Å². The predicted molar refractivity (Wildman–Crippen MR) is 112 cm³/mol. The van der Waals surface area contributed by atoms with Gasteiger partial charge in [0.15, 0.2) is 10.9 Å². The molecule has 0 fully saturated rings. The van der Waals surface area contributed by atoms with E-state index < -0.39 is 22.5 Å². The molecule has 29 heavy (non-hydrogen) atoms. The molecule has 11 heteroatoms. The van der Waals surface area contributed by atoms with Crippen molar-refractivity contribution in [2.45, 2.75) is 13.8 Å². The number of amides is 1. The minimum absolute atomic E-state index is 0. The molecule has 2 aromatic heterocycles. The number of fused-ring (bicyclic) bond motifs is 1. The molecule has 1 amide bonds. The van der Waals surface area contributed by atoms with Crippen LogP contribution in [0.5, 0.6) is 0 Å². The quantitative estimate of drug-likeness (QED) is 0.380. The second-order valence-electron chi connectivity index (χ2n) is 5.96. The largest absolute Gasteiger partial charge is 0.433 e. The molecule has 0 spiro atoms. The van der Waals surface area contributed by atoms with Gasteiger partial charge in [-0.1, -0.05) is 31.3 Å². The van der Waals surface area contributed by atoms with Crippen LogP contribution in [0.4, 0.5) is 15.4 Å². The van der Waals surface area contributed by atoms with E-state index in [0.29, 0.717) is 16.4 Å². The first-order valence-corrected chi connectivity index (χ1v) is 9.59. The lowest BCUT2D eigenvalue weighted by Gasteiger charge is -2.23. The van der Waals surface area contributed by atoms with E-state index in [2.05, 4.69) is 9.88 Å². The Bertz CT molecular complexity index is 1000. The molecule has 3 rings (SSSR count). The summed E-state index contributed by atoms with van der Waals surface area (Å²) >= 11 is 1.18. The summed E-state index contributed by atoms with van der Waals surface area (Å²) in [5.41, 5.74) is 0.188. The predicted octanol–water partition coefficient (Wildman–Crippen LogP) is 4.35. The maximum absolute atomic E-state index is 14.0. The fourth-order valence-corrected chi connectivity index (χ4v) is 3.76. The third-order valence-electron chi connectivity index (χ3n) is 4.35. The van der Waals surface area contributed by atoms with Crippen LogP contribution in [0, 0.1) is 15.9 Å². The molecular formula is C18H20ClFN4O4S. The number of carbonyl (C=O) groups is 1. The first kappa shape index (κ1) is 22.7. The van der Waals surface area contributed by atoms with Crippen LogP contribution in [0.1, 0.15) is 24.4 Å². The van der Waals surface area contributed by atoms with Crippen LogP contribution < -0.4 is 4.90 Å². The summed E-state index contributed by atoms with van der Waals surface area (Å²) in [5.74, 6) is -1.70. The number of para-hydroxylation sites is 1. The fourth-order valence-electron chi connectivity index (χ4n) is 2.76. The SMILES string of the molecule is CCN(CC)CCN(C(=O)c1ccc([N+](=O)[O-])o1)c1nc2c(F)cccc2s1.Cl. The van der Waals surface area contributed by atoms with E-state index in [-0.39, 0.29) is 30.2 Å². The minimum Gasteiger partial charge on any atom is -0.395 e. The molecule has 0 radical (unpaired) electrons. The van der Waals surface area contributed by atoms with Crippen molar-refractivity contribution in [3.05, 3.63) is 52.0 Å². The van der Waals surface area contributed by atoms with Gasteiger partial charge in [0.05, 0.1) is 10.8 Å². The summed E-state index contributed by atoms with van der Waals surface area (Å²) in [6.45, 7) is 6.49. The number of thiazole rings is 1. The topological polar surface area (TPSA) is 92.7 Å². The van der Waals surface area contributed by atoms with E-state index in [1.807, 2.05) is 13.8 Å². The molecule has 8 nitrogen and oxygen atoms in total. The molecule has 156 valence electrons. The van der Waals surface area contributed by atoms with Gasteiger partial charge >= 0.3 is 5.88 Å².